The van der Waals surface area contributed by atoms with E-state index in [-0.39, 0.29) is 17.5 Å². The fourth-order valence-corrected chi connectivity index (χ4v) is 3.17. The first-order valence-electron chi connectivity index (χ1n) is 8.11. The Balaban J connectivity index is 2.29. The Morgan fingerprint density at radius 3 is 2.62 bits per heavy atom. The normalized spacial score (nSPS) is 17.8. The summed E-state index contributed by atoms with van der Waals surface area (Å²) in [5.74, 6) is 0.709. The van der Waals surface area contributed by atoms with Crippen LogP contribution >= 0.6 is 0 Å². The number of aromatic hydroxyl groups is 1. The van der Waals surface area contributed by atoms with Gasteiger partial charge >= 0.3 is 0 Å². The fraction of sp³-hybridized carbons (Fsp3) is 0.750. The van der Waals surface area contributed by atoms with E-state index in [9.17, 15) is 9.90 Å². The lowest BCUT2D eigenvalue weighted by molar-refractivity contribution is -0.000725. The Bertz CT molecular complexity index is 507. The van der Waals surface area contributed by atoms with Gasteiger partial charge in [-0.2, -0.15) is 4.98 Å². The van der Waals surface area contributed by atoms with E-state index in [1.54, 1.807) is 0 Å². The van der Waals surface area contributed by atoms with Gasteiger partial charge < -0.3 is 14.8 Å². The van der Waals surface area contributed by atoms with Gasteiger partial charge in [-0.25, -0.2) is 0 Å². The van der Waals surface area contributed by atoms with Gasteiger partial charge in [0, 0.05) is 6.61 Å². The molecule has 1 aliphatic carbocycles. The summed E-state index contributed by atoms with van der Waals surface area (Å²) in [5, 5.41) is 10.0. The maximum atomic E-state index is 12.1. The first-order chi connectivity index (χ1) is 10.2. The van der Waals surface area contributed by atoms with Crippen LogP contribution in [0.5, 0.6) is 5.88 Å². The predicted molar refractivity (Wildman–Crippen MR) is 81.5 cm³/mol. The third-order valence-electron chi connectivity index (χ3n) is 4.21. The van der Waals surface area contributed by atoms with Gasteiger partial charge in [-0.05, 0) is 32.1 Å². The molecule has 1 fully saturated rings. The Hall–Kier alpha value is -1.36. The third-order valence-corrected chi connectivity index (χ3v) is 4.21. The minimum absolute atomic E-state index is 0.142. The summed E-state index contributed by atoms with van der Waals surface area (Å²) >= 11 is 0. The number of ether oxygens (including phenoxy) is 1. The molecule has 5 heteroatoms. The van der Waals surface area contributed by atoms with E-state index in [0.29, 0.717) is 30.3 Å². The summed E-state index contributed by atoms with van der Waals surface area (Å²) in [7, 11) is 0. The van der Waals surface area contributed by atoms with Crippen LogP contribution in [0.25, 0.3) is 0 Å². The molecule has 1 saturated carbocycles. The number of hydrogen-bond donors (Lipinski definition) is 2. The Kier molecular flexibility index (Phi) is 5.79. The maximum absolute atomic E-state index is 12.1. The number of nitrogens with one attached hydrogen (secondary N) is 1. The number of aromatic amines is 1. The first-order valence-corrected chi connectivity index (χ1v) is 8.11. The zero-order valence-electron chi connectivity index (χ0n) is 13.0. The molecule has 1 aromatic rings. The summed E-state index contributed by atoms with van der Waals surface area (Å²) in [6.07, 6.45) is 6.95. The number of rotatable bonds is 6. The van der Waals surface area contributed by atoms with E-state index < -0.39 is 0 Å². The lowest BCUT2D eigenvalue weighted by atomic mass is 9.85. The second-order valence-electron chi connectivity index (χ2n) is 5.78. The topological polar surface area (TPSA) is 75.2 Å². The SMILES string of the molecule is CCCc1c(O)nc(C(OCC)C2CCCCC2)[nH]c1=O. The van der Waals surface area contributed by atoms with Crippen molar-refractivity contribution < 1.29 is 9.84 Å². The summed E-state index contributed by atoms with van der Waals surface area (Å²) in [4.78, 5) is 19.2. The highest BCUT2D eigenvalue weighted by molar-refractivity contribution is 5.23. The van der Waals surface area contributed by atoms with Crippen molar-refractivity contribution in [3.05, 3.63) is 21.7 Å². The summed E-state index contributed by atoms with van der Waals surface area (Å²) in [6, 6.07) is 0. The second kappa shape index (κ2) is 7.59. The van der Waals surface area contributed by atoms with E-state index in [2.05, 4.69) is 9.97 Å². The Labute approximate surface area is 125 Å². The molecule has 1 atom stereocenters. The number of nitrogens with zero attached hydrogens (tertiary/aromatic N) is 1. The molecule has 1 heterocycles. The highest BCUT2D eigenvalue weighted by Crippen LogP contribution is 2.35. The molecule has 118 valence electrons. The van der Waals surface area contributed by atoms with Crippen molar-refractivity contribution in [1.29, 1.82) is 0 Å². The minimum Gasteiger partial charge on any atom is -0.493 e. The van der Waals surface area contributed by atoms with Crippen LogP contribution in [0.15, 0.2) is 4.79 Å². The Morgan fingerprint density at radius 2 is 2.05 bits per heavy atom. The van der Waals surface area contributed by atoms with E-state index >= 15 is 0 Å². The van der Waals surface area contributed by atoms with Gasteiger partial charge in [0.25, 0.3) is 5.56 Å². The summed E-state index contributed by atoms with van der Waals surface area (Å²) in [6.45, 7) is 4.49. The van der Waals surface area contributed by atoms with Gasteiger partial charge in [0.15, 0.2) is 0 Å². The molecule has 0 aromatic carbocycles. The van der Waals surface area contributed by atoms with E-state index in [1.807, 2.05) is 13.8 Å². The van der Waals surface area contributed by atoms with Crippen LogP contribution in [0.1, 0.15) is 69.9 Å². The van der Waals surface area contributed by atoms with Crippen molar-refractivity contribution in [1.82, 2.24) is 9.97 Å². The minimum atomic E-state index is -0.236. The zero-order chi connectivity index (χ0) is 15.2. The number of hydrogen-bond acceptors (Lipinski definition) is 4. The second-order valence-corrected chi connectivity index (χ2v) is 5.78. The van der Waals surface area contributed by atoms with Crippen LogP contribution in [-0.2, 0) is 11.2 Å². The molecule has 0 radical (unpaired) electrons. The predicted octanol–water partition coefficient (Wildman–Crippen LogP) is 3.09. The van der Waals surface area contributed by atoms with Crippen LogP contribution in [0.4, 0.5) is 0 Å². The van der Waals surface area contributed by atoms with E-state index in [4.69, 9.17) is 4.74 Å². The van der Waals surface area contributed by atoms with Crippen molar-refractivity contribution >= 4 is 0 Å². The molecule has 21 heavy (non-hydrogen) atoms. The molecule has 0 bridgehead atoms. The zero-order valence-corrected chi connectivity index (χ0v) is 13.0. The molecule has 2 rings (SSSR count). The number of H-pyrrole nitrogens is 1. The van der Waals surface area contributed by atoms with Crippen molar-refractivity contribution in [3.8, 4) is 5.88 Å². The molecule has 0 spiro atoms. The monoisotopic (exact) mass is 294 g/mol. The standard InChI is InChI=1S/C16H26N2O3/c1-3-8-12-15(19)17-14(18-16(12)20)13(21-4-2)11-9-6-5-7-10-11/h11,13H,3-10H2,1-2H3,(H2,17,18,19,20). The summed E-state index contributed by atoms with van der Waals surface area (Å²) in [5.41, 5.74) is 0.139. The van der Waals surface area contributed by atoms with Crippen LogP contribution in [0.2, 0.25) is 0 Å². The molecular weight excluding hydrogens is 268 g/mol. The fourth-order valence-electron chi connectivity index (χ4n) is 3.17. The molecule has 1 unspecified atom stereocenters. The van der Waals surface area contributed by atoms with Crippen LogP contribution < -0.4 is 5.56 Å². The lowest BCUT2D eigenvalue weighted by Crippen LogP contribution is -2.25. The average molecular weight is 294 g/mol. The molecule has 1 aliphatic rings. The van der Waals surface area contributed by atoms with Crippen molar-refractivity contribution in [2.75, 3.05) is 6.61 Å². The van der Waals surface area contributed by atoms with E-state index in [0.717, 1.165) is 19.3 Å². The van der Waals surface area contributed by atoms with Crippen molar-refractivity contribution in [2.45, 2.75) is 64.9 Å². The quantitative estimate of drug-likeness (QED) is 0.845. The van der Waals surface area contributed by atoms with Crippen LogP contribution in [-0.4, -0.2) is 21.7 Å². The molecule has 0 amide bonds. The van der Waals surface area contributed by atoms with E-state index in [1.165, 1.54) is 19.3 Å². The Morgan fingerprint density at radius 1 is 1.33 bits per heavy atom. The van der Waals surface area contributed by atoms with Crippen molar-refractivity contribution in [2.24, 2.45) is 5.92 Å². The number of aromatic nitrogens is 2. The third kappa shape index (κ3) is 3.84. The van der Waals surface area contributed by atoms with Crippen LogP contribution in [0.3, 0.4) is 0 Å². The molecule has 0 aliphatic heterocycles. The lowest BCUT2D eigenvalue weighted by Gasteiger charge is -2.29. The van der Waals surface area contributed by atoms with Gasteiger partial charge in [0.05, 0.1) is 5.56 Å². The average Bonchev–Trinajstić information content (AvgIpc) is 2.49. The summed E-state index contributed by atoms with van der Waals surface area (Å²) < 4.78 is 5.83. The van der Waals surface area contributed by atoms with Gasteiger partial charge in [-0.1, -0.05) is 32.6 Å². The maximum Gasteiger partial charge on any atom is 0.258 e. The van der Waals surface area contributed by atoms with Crippen LogP contribution in [0, 0.1) is 5.92 Å². The van der Waals surface area contributed by atoms with Gasteiger partial charge in [-0.3, -0.25) is 4.79 Å². The van der Waals surface area contributed by atoms with Gasteiger partial charge in [-0.15, -0.1) is 0 Å². The molecule has 5 nitrogen and oxygen atoms in total. The largest absolute Gasteiger partial charge is 0.493 e. The highest BCUT2D eigenvalue weighted by atomic mass is 16.5. The molecular formula is C16H26N2O3. The smallest absolute Gasteiger partial charge is 0.258 e. The molecule has 2 N–H and O–H groups in total. The van der Waals surface area contributed by atoms with Gasteiger partial charge in [0.1, 0.15) is 11.9 Å². The van der Waals surface area contributed by atoms with Gasteiger partial charge in [0.2, 0.25) is 5.88 Å². The first kappa shape index (κ1) is 16.0. The molecule has 0 saturated heterocycles. The molecule has 1 aromatic heterocycles. The highest BCUT2D eigenvalue weighted by Gasteiger charge is 2.28. The van der Waals surface area contributed by atoms with Crippen molar-refractivity contribution in [3.63, 3.8) is 0 Å².